The summed E-state index contributed by atoms with van der Waals surface area (Å²) in [5, 5.41) is 17.6. The van der Waals surface area contributed by atoms with E-state index in [1.807, 2.05) is 55.9 Å². The Labute approximate surface area is 242 Å². The molecule has 0 spiro atoms. The van der Waals surface area contributed by atoms with Crippen LogP contribution in [0.25, 0.3) is 17.1 Å². The molecule has 1 N–H and O–H groups in total. The van der Waals surface area contributed by atoms with Gasteiger partial charge in [0.1, 0.15) is 5.00 Å². The maximum atomic E-state index is 13.2. The molecule has 0 unspecified atom stereocenters. The van der Waals surface area contributed by atoms with E-state index in [4.69, 9.17) is 4.74 Å². The zero-order valence-corrected chi connectivity index (χ0v) is 25.1. The van der Waals surface area contributed by atoms with Crippen LogP contribution in [0.1, 0.15) is 58.7 Å². The van der Waals surface area contributed by atoms with Gasteiger partial charge in [-0.15, -0.1) is 21.5 Å². The average molecular weight is 579 g/mol. The Kier molecular flexibility index (Phi) is 8.41. The molecule has 1 aliphatic carbocycles. The van der Waals surface area contributed by atoms with Crippen LogP contribution < -0.4 is 5.32 Å². The van der Waals surface area contributed by atoms with Gasteiger partial charge in [-0.25, -0.2) is 4.79 Å². The third-order valence-electron chi connectivity index (χ3n) is 7.19. The van der Waals surface area contributed by atoms with Crippen molar-refractivity contribution in [3.63, 3.8) is 0 Å². The average Bonchev–Trinajstić information content (AvgIpc) is 3.61. The number of anilines is 1. The van der Waals surface area contributed by atoms with Gasteiger partial charge in [0.15, 0.2) is 11.0 Å². The Hall–Kier alpha value is -3.44. The number of thiophene rings is 1. The largest absolute Gasteiger partial charge is 0.462 e. The summed E-state index contributed by atoms with van der Waals surface area (Å²) in [5.74, 6) is 0.801. The molecule has 0 aliphatic heterocycles. The molecule has 4 aromatic rings. The molecule has 0 saturated carbocycles. The number of carbonyl (C=O) groups excluding carboxylic acids is 2. The number of benzene rings is 1. The van der Waals surface area contributed by atoms with Crippen LogP contribution >= 0.6 is 23.1 Å². The minimum absolute atomic E-state index is 0.110. The number of thioether (sulfide) groups is 1. The molecule has 0 bridgehead atoms. The first kappa shape index (κ1) is 28.1. The smallest absolute Gasteiger partial charge is 0.341 e. The monoisotopic (exact) mass is 578 g/mol. The Morgan fingerprint density at radius 2 is 1.95 bits per heavy atom. The number of nitrogens with one attached hydrogen (secondary N) is 1. The van der Waals surface area contributed by atoms with E-state index in [0.29, 0.717) is 27.5 Å². The highest BCUT2D eigenvalue weighted by molar-refractivity contribution is 7.99. The molecule has 210 valence electrons. The number of fused-ring (bicyclic) bond motifs is 1. The summed E-state index contributed by atoms with van der Waals surface area (Å²) < 4.78 is 9.08. The molecule has 5 rings (SSSR count). The van der Waals surface area contributed by atoms with Crippen molar-refractivity contribution < 1.29 is 14.3 Å². The van der Waals surface area contributed by atoms with Gasteiger partial charge < -0.3 is 10.1 Å². The van der Waals surface area contributed by atoms with Gasteiger partial charge in [-0.05, 0) is 63.6 Å². The fourth-order valence-electron chi connectivity index (χ4n) is 5.09. The van der Waals surface area contributed by atoms with Crippen LogP contribution in [0.2, 0.25) is 0 Å². The van der Waals surface area contributed by atoms with Crippen molar-refractivity contribution in [1.82, 2.24) is 24.5 Å². The summed E-state index contributed by atoms with van der Waals surface area (Å²) in [5.41, 5.74) is 5.32. The zero-order chi connectivity index (χ0) is 28.4. The second kappa shape index (κ2) is 12.0. The highest BCUT2D eigenvalue weighted by atomic mass is 32.2. The summed E-state index contributed by atoms with van der Waals surface area (Å²) >= 11 is 2.81. The van der Waals surface area contributed by atoms with E-state index in [1.54, 1.807) is 11.6 Å². The fraction of sp³-hybridized carbons (Fsp3) is 0.414. The van der Waals surface area contributed by atoms with Crippen LogP contribution in [0, 0.1) is 19.8 Å². The minimum Gasteiger partial charge on any atom is -0.462 e. The predicted octanol–water partition coefficient (Wildman–Crippen LogP) is 5.77. The van der Waals surface area contributed by atoms with E-state index in [9.17, 15) is 9.59 Å². The van der Waals surface area contributed by atoms with Crippen LogP contribution in [0.3, 0.4) is 0 Å². The number of rotatable bonds is 9. The first-order valence-corrected chi connectivity index (χ1v) is 15.4. The van der Waals surface area contributed by atoms with Crippen molar-refractivity contribution in [2.45, 2.75) is 58.5 Å². The third kappa shape index (κ3) is 5.71. The number of esters is 1. The number of nitrogens with zero attached hydrogens (tertiary/aromatic N) is 5. The molecule has 3 heterocycles. The summed E-state index contributed by atoms with van der Waals surface area (Å²) in [6, 6.07) is 8.11. The molecular formula is C29H34N6O3S2. The van der Waals surface area contributed by atoms with Crippen LogP contribution in [0.5, 0.6) is 0 Å². The van der Waals surface area contributed by atoms with Gasteiger partial charge in [0, 0.05) is 23.8 Å². The lowest BCUT2D eigenvalue weighted by Gasteiger charge is -2.20. The Morgan fingerprint density at radius 3 is 2.62 bits per heavy atom. The summed E-state index contributed by atoms with van der Waals surface area (Å²) in [7, 11) is 1.87. The Morgan fingerprint density at radius 1 is 1.18 bits per heavy atom. The maximum Gasteiger partial charge on any atom is 0.341 e. The number of carbonyl (C=O) groups is 2. The van der Waals surface area contributed by atoms with Gasteiger partial charge in [-0.2, -0.15) is 5.10 Å². The first-order valence-electron chi connectivity index (χ1n) is 13.6. The normalized spacial score (nSPS) is 14.7. The number of hydrogen-bond donors (Lipinski definition) is 1. The number of hydrogen-bond acceptors (Lipinski definition) is 8. The minimum atomic E-state index is -0.367. The number of amides is 1. The van der Waals surface area contributed by atoms with E-state index in [0.717, 1.165) is 53.8 Å². The number of ether oxygens (including phenoxy) is 1. The molecule has 0 saturated heterocycles. The molecular weight excluding hydrogens is 544 g/mol. The Balaban J connectivity index is 1.40. The highest BCUT2D eigenvalue weighted by Crippen LogP contribution is 2.41. The predicted molar refractivity (Wildman–Crippen MR) is 158 cm³/mol. The molecule has 3 aromatic heterocycles. The van der Waals surface area contributed by atoms with Gasteiger partial charge in [-0.3, -0.25) is 14.0 Å². The van der Waals surface area contributed by atoms with E-state index in [2.05, 4.69) is 27.5 Å². The second-order valence-electron chi connectivity index (χ2n) is 10.1. The van der Waals surface area contributed by atoms with Gasteiger partial charge >= 0.3 is 5.97 Å². The molecule has 40 heavy (non-hydrogen) atoms. The summed E-state index contributed by atoms with van der Waals surface area (Å²) in [6.45, 7) is 8.26. The maximum absolute atomic E-state index is 13.2. The van der Waals surface area contributed by atoms with Gasteiger partial charge in [0.05, 0.1) is 29.2 Å². The third-order valence-corrected chi connectivity index (χ3v) is 9.29. The van der Waals surface area contributed by atoms with Crippen LogP contribution in [0.15, 0.2) is 35.6 Å². The molecule has 1 aromatic carbocycles. The van der Waals surface area contributed by atoms with E-state index < -0.39 is 0 Å². The van der Waals surface area contributed by atoms with Crippen molar-refractivity contribution in [3.05, 3.63) is 57.7 Å². The summed E-state index contributed by atoms with van der Waals surface area (Å²) in [6.07, 6.45) is 5.84. The van der Waals surface area contributed by atoms with Crippen LogP contribution in [-0.4, -0.2) is 48.8 Å². The quantitative estimate of drug-likeness (QED) is 0.199. The van der Waals surface area contributed by atoms with Gasteiger partial charge in [0.2, 0.25) is 5.91 Å². The number of aryl methyl sites for hydroxylation is 3. The van der Waals surface area contributed by atoms with Gasteiger partial charge in [-0.1, -0.05) is 42.8 Å². The zero-order valence-electron chi connectivity index (χ0n) is 23.5. The van der Waals surface area contributed by atoms with E-state index in [-0.39, 0.29) is 24.2 Å². The second-order valence-corrected chi connectivity index (χ2v) is 12.1. The topological polar surface area (TPSA) is 104 Å². The highest BCUT2D eigenvalue weighted by Gasteiger charge is 2.30. The fourth-order valence-corrected chi connectivity index (χ4v) is 7.20. The lowest BCUT2D eigenvalue weighted by atomic mass is 9.85. The van der Waals surface area contributed by atoms with E-state index in [1.165, 1.54) is 28.0 Å². The van der Waals surface area contributed by atoms with Crippen LogP contribution in [-0.2, 0) is 29.4 Å². The van der Waals surface area contributed by atoms with Crippen molar-refractivity contribution in [2.24, 2.45) is 13.0 Å². The Bertz CT molecular complexity index is 1540. The van der Waals surface area contributed by atoms with Crippen molar-refractivity contribution in [1.29, 1.82) is 0 Å². The molecule has 1 amide bonds. The molecule has 0 fully saturated rings. The molecule has 0 radical (unpaired) electrons. The molecule has 9 nitrogen and oxygen atoms in total. The molecule has 1 atom stereocenters. The van der Waals surface area contributed by atoms with Crippen molar-refractivity contribution in [2.75, 3.05) is 17.7 Å². The van der Waals surface area contributed by atoms with Crippen LogP contribution in [0.4, 0.5) is 5.00 Å². The van der Waals surface area contributed by atoms with Gasteiger partial charge in [0.25, 0.3) is 0 Å². The van der Waals surface area contributed by atoms with E-state index >= 15 is 0 Å². The van der Waals surface area contributed by atoms with Crippen molar-refractivity contribution in [3.8, 4) is 17.1 Å². The first-order chi connectivity index (χ1) is 19.3. The summed E-state index contributed by atoms with van der Waals surface area (Å²) in [4.78, 5) is 27.3. The lowest BCUT2D eigenvalue weighted by molar-refractivity contribution is -0.113. The molecule has 1 aliphatic rings. The standard InChI is InChI=1S/C29H34N6O3S2/c1-6-19-10-13-21-23(14-19)40-27(25(21)28(37)38-7-2)30-24(36)16-39-29-32-31-26(22-15-34(5)33-18(22)4)35(29)20-11-8-17(3)9-12-20/h8-9,11-12,15,19H,6-7,10,13-14,16H2,1-5H3,(H,30,36)/t19-/m0/s1. The number of aromatic nitrogens is 5. The molecule has 11 heteroatoms. The SMILES string of the molecule is CCOC(=O)c1c(NC(=O)CSc2nnc(-c3cn(C)nc3C)n2-c2ccc(C)cc2)sc2c1CC[C@H](CC)C2. The van der Waals surface area contributed by atoms with Crippen molar-refractivity contribution >= 4 is 40.0 Å². The lowest BCUT2D eigenvalue weighted by Crippen LogP contribution is -2.18.